The highest BCUT2D eigenvalue weighted by molar-refractivity contribution is 5.65. The van der Waals surface area contributed by atoms with E-state index in [-0.39, 0.29) is 0 Å². The number of rotatable bonds is 17. The molecule has 52 heavy (non-hydrogen) atoms. The first kappa shape index (κ1) is 39.5. The molecule has 1 fully saturated rings. The van der Waals surface area contributed by atoms with Crippen molar-refractivity contribution in [1.82, 2.24) is 20.4 Å². The molecule has 0 spiro atoms. The number of benzene rings is 4. The number of halogens is 6. The highest BCUT2D eigenvalue weighted by Gasteiger charge is 2.32. The highest BCUT2D eigenvalue weighted by atomic mass is 19.4. The SMILES string of the molecule is CCN(CCCNCc1ccc(-c2ccc(C(F)(F)F)cc2)cc1)CCC1CC(CNCc2ccc(-c3ccc(C(F)(F)F)cc3)cc2)N(CC)C1. The Bertz CT molecular complexity index is 1640. The Labute approximate surface area is 304 Å². The van der Waals surface area contributed by atoms with Gasteiger partial charge in [-0.1, -0.05) is 86.6 Å². The second-order valence-electron chi connectivity index (χ2n) is 13.8. The van der Waals surface area contributed by atoms with E-state index in [0.717, 1.165) is 123 Å². The molecule has 1 aliphatic heterocycles. The second kappa shape index (κ2) is 18.4. The summed E-state index contributed by atoms with van der Waals surface area (Å²) < 4.78 is 77.3. The van der Waals surface area contributed by atoms with Gasteiger partial charge < -0.3 is 15.5 Å². The van der Waals surface area contributed by atoms with Crippen molar-refractivity contribution in [3.05, 3.63) is 119 Å². The van der Waals surface area contributed by atoms with Gasteiger partial charge >= 0.3 is 12.4 Å². The molecule has 5 rings (SSSR count). The topological polar surface area (TPSA) is 30.5 Å². The van der Waals surface area contributed by atoms with Crippen LogP contribution < -0.4 is 10.6 Å². The average Bonchev–Trinajstić information content (AvgIpc) is 3.54. The molecule has 4 aromatic carbocycles. The molecule has 2 unspecified atom stereocenters. The van der Waals surface area contributed by atoms with E-state index in [1.807, 2.05) is 48.5 Å². The molecule has 0 amide bonds. The molecule has 1 heterocycles. The summed E-state index contributed by atoms with van der Waals surface area (Å²) in [4.78, 5) is 5.12. The molecular weight excluding hydrogens is 674 g/mol. The molecule has 1 aliphatic rings. The van der Waals surface area contributed by atoms with Crippen LogP contribution in [0.3, 0.4) is 0 Å². The average molecular weight is 725 g/mol. The van der Waals surface area contributed by atoms with Crippen LogP contribution in [0.4, 0.5) is 26.3 Å². The quantitative estimate of drug-likeness (QED) is 0.0839. The first-order valence-electron chi connectivity index (χ1n) is 18.3. The standard InChI is InChI=1S/C42H50F6N4/c1-3-51(24-5-23-49-27-31-6-10-34(11-7-31)36-14-18-38(19-15-36)41(43,44)45)25-22-33-26-40(52(4-2)30-33)29-50-28-32-8-12-35(13-9-32)37-16-20-39(21-17-37)42(46,47)48/h6-21,33,40,49-50H,3-5,22-30H2,1-2H3. The van der Waals surface area contributed by atoms with Crippen LogP contribution >= 0.6 is 0 Å². The third-order valence-corrected chi connectivity index (χ3v) is 10.2. The van der Waals surface area contributed by atoms with Crippen molar-refractivity contribution in [2.24, 2.45) is 5.92 Å². The van der Waals surface area contributed by atoms with Crippen molar-refractivity contribution in [3.63, 3.8) is 0 Å². The van der Waals surface area contributed by atoms with E-state index >= 15 is 0 Å². The van der Waals surface area contributed by atoms with Crippen LogP contribution in [0.5, 0.6) is 0 Å². The summed E-state index contributed by atoms with van der Waals surface area (Å²) in [5, 5.41) is 7.17. The summed E-state index contributed by atoms with van der Waals surface area (Å²) >= 11 is 0. The molecule has 2 N–H and O–H groups in total. The van der Waals surface area contributed by atoms with Gasteiger partial charge in [-0.15, -0.1) is 0 Å². The number of likely N-dealkylation sites (tertiary alicyclic amines) is 1. The van der Waals surface area contributed by atoms with Gasteiger partial charge in [0.05, 0.1) is 11.1 Å². The Morgan fingerprint density at radius 3 is 1.54 bits per heavy atom. The highest BCUT2D eigenvalue weighted by Crippen LogP contribution is 2.32. The summed E-state index contributed by atoms with van der Waals surface area (Å²) in [5.74, 6) is 0.674. The van der Waals surface area contributed by atoms with Gasteiger partial charge in [-0.05, 0) is 116 Å². The minimum atomic E-state index is -4.33. The maximum Gasteiger partial charge on any atom is 0.416 e. The van der Waals surface area contributed by atoms with Gasteiger partial charge in [0.25, 0.3) is 0 Å². The van der Waals surface area contributed by atoms with Crippen molar-refractivity contribution in [2.45, 2.75) is 64.6 Å². The number of alkyl halides is 6. The summed E-state index contributed by atoms with van der Waals surface area (Å²) in [7, 11) is 0. The van der Waals surface area contributed by atoms with Crippen LogP contribution in [0.2, 0.25) is 0 Å². The monoisotopic (exact) mass is 724 g/mol. The maximum absolute atomic E-state index is 12.9. The minimum Gasteiger partial charge on any atom is -0.313 e. The lowest BCUT2D eigenvalue weighted by Crippen LogP contribution is -2.37. The largest absolute Gasteiger partial charge is 0.416 e. The minimum absolute atomic E-state index is 0.504. The smallest absolute Gasteiger partial charge is 0.313 e. The van der Waals surface area contributed by atoms with Crippen LogP contribution in [0.25, 0.3) is 22.3 Å². The lowest BCUT2D eigenvalue weighted by molar-refractivity contribution is -0.138. The lowest BCUT2D eigenvalue weighted by Gasteiger charge is -2.23. The lowest BCUT2D eigenvalue weighted by atomic mass is 10.0. The van der Waals surface area contributed by atoms with Gasteiger partial charge in [-0.25, -0.2) is 0 Å². The molecule has 0 saturated carbocycles. The number of nitrogens with one attached hydrogen (secondary N) is 2. The van der Waals surface area contributed by atoms with E-state index in [1.165, 1.54) is 37.1 Å². The van der Waals surface area contributed by atoms with Crippen LogP contribution in [0.1, 0.15) is 55.4 Å². The van der Waals surface area contributed by atoms with Crippen LogP contribution in [0, 0.1) is 5.92 Å². The van der Waals surface area contributed by atoms with Crippen molar-refractivity contribution >= 4 is 0 Å². The zero-order chi connectivity index (χ0) is 37.1. The predicted molar refractivity (Wildman–Crippen MR) is 198 cm³/mol. The molecule has 10 heteroatoms. The van der Waals surface area contributed by atoms with Gasteiger partial charge in [-0.2, -0.15) is 26.3 Å². The summed E-state index contributed by atoms with van der Waals surface area (Å²) in [6.07, 6.45) is -5.23. The molecule has 4 nitrogen and oxygen atoms in total. The van der Waals surface area contributed by atoms with Crippen molar-refractivity contribution in [3.8, 4) is 22.3 Å². The Hall–Kier alpha value is -3.70. The maximum atomic E-state index is 12.9. The van der Waals surface area contributed by atoms with Crippen molar-refractivity contribution < 1.29 is 26.3 Å². The third-order valence-electron chi connectivity index (χ3n) is 10.2. The zero-order valence-corrected chi connectivity index (χ0v) is 30.0. The summed E-state index contributed by atoms with van der Waals surface area (Å²) in [5.41, 5.74) is 4.34. The van der Waals surface area contributed by atoms with Crippen LogP contribution in [-0.4, -0.2) is 61.7 Å². The van der Waals surface area contributed by atoms with E-state index in [9.17, 15) is 26.3 Å². The second-order valence-corrected chi connectivity index (χ2v) is 13.8. The molecule has 280 valence electrons. The number of likely N-dealkylation sites (N-methyl/N-ethyl adjacent to an activating group) is 1. The summed E-state index contributed by atoms with van der Waals surface area (Å²) in [6.45, 7) is 13.1. The van der Waals surface area contributed by atoms with E-state index in [2.05, 4.69) is 34.3 Å². The molecule has 2 atom stereocenters. The van der Waals surface area contributed by atoms with E-state index in [0.29, 0.717) is 12.0 Å². The zero-order valence-electron chi connectivity index (χ0n) is 30.0. The van der Waals surface area contributed by atoms with Gasteiger partial charge in [0.2, 0.25) is 0 Å². The molecule has 0 radical (unpaired) electrons. The van der Waals surface area contributed by atoms with E-state index in [1.54, 1.807) is 0 Å². The first-order valence-corrected chi connectivity index (χ1v) is 18.3. The molecule has 4 aromatic rings. The van der Waals surface area contributed by atoms with E-state index in [4.69, 9.17) is 0 Å². The van der Waals surface area contributed by atoms with Gasteiger partial charge in [0, 0.05) is 32.2 Å². The number of hydrogen-bond donors (Lipinski definition) is 2. The van der Waals surface area contributed by atoms with Crippen molar-refractivity contribution in [2.75, 3.05) is 45.8 Å². The third kappa shape index (κ3) is 11.4. The Balaban J connectivity index is 0.969. The predicted octanol–water partition coefficient (Wildman–Crippen LogP) is 9.75. The fourth-order valence-corrected chi connectivity index (χ4v) is 7.07. The van der Waals surface area contributed by atoms with E-state index < -0.39 is 23.5 Å². The first-order chi connectivity index (χ1) is 24.9. The Morgan fingerprint density at radius 2 is 1.10 bits per heavy atom. The van der Waals surface area contributed by atoms with Crippen LogP contribution in [-0.2, 0) is 25.4 Å². The van der Waals surface area contributed by atoms with Crippen molar-refractivity contribution in [1.29, 1.82) is 0 Å². The number of hydrogen-bond acceptors (Lipinski definition) is 4. The number of nitrogens with zero attached hydrogens (tertiary/aromatic N) is 2. The molecule has 1 saturated heterocycles. The van der Waals surface area contributed by atoms with Gasteiger partial charge in [0.1, 0.15) is 0 Å². The molecule has 0 aliphatic carbocycles. The normalized spacial score (nSPS) is 16.9. The fourth-order valence-electron chi connectivity index (χ4n) is 7.07. The summed E-state index contributed by atoms with van der Waals surface area (Å²) in [6, 6.07) is 27.0. The Kier molecular flexibility index (Phi) is 14.0. The molecule has 0 aromatic heterocycles. The molecule has 0 bridgehead atoms. The fraction of sp³-hybridized carbons (Fsp3) is 0.429. The van der Waals surface area contributed by atoms with Gasteiger partial charge in [-0.3, -0.25) is 4.90 Å². The Morgan fingerprint density at radius 1 is 0.635 bits per heavy atom. The van der Waals surface area contributed by atoms with Crippen LogP contribution in [0.15, 0.2) is 97.1 Å². The molecular formula is C42H50F6N4. The van der Waals surface area contributed by atoms with Gasteiger partial charge in [0.15, 0.2) is 0 Å².